The largest absolute Gasteiger partial charge is 0.862 e. The van der Waals surface area contributed by atoms with Crippen LogP contribution in [0.2, 0.25) is 0 Å². The van der Waals surface area contributed by atoms with Crippen molar-refractivity contribution in [1.29, 1.82) is 0 Å². The molecule has 10 nitrogen and oxygen atoms in total. The second kappa shape index (κ2) is 42.3. The molecule has 0 spiro atoms. The maximum Gasteiger partial charge on any atom is 0.217 e. The van der Waals surface area contributed by atoms with Crippen molar-refractivity contribution in [3.05, 3.63) is 0 Å². The Hall–Kier alpha value is -1.40. The van der Waals surface area contributed by atoms with Gasteiger partial charge in [-0.05, 0) is 32.1 Å². The molecule has 2 aliphatic rings. The summed E-state index contributed by atoms with van der Waals surface area (Å²) in [6.45, 7) is 12.5. The molecule has 0 aromatic carbocycles. The molecule has 11 heteroatoms. The molecule has 52 heavy (non-hydrogen) atoms. The fourth-order valence-corrected chi connectivity index (χ4v) is 6.31. The molecule has 0 saturated heterocycles. The van der Waals surface area contributed by atoms with Crippen molar-refractivity contribution < 1.29 is 32.5 Å². The Bertz CT molecular complexity index is 925. The molecule has 0 bridgehead atoms. The van der Waals surface area contributed by atoms with E-state index in [1.807, 2.05) is 6.34 Å². The van der Waals surface area contributed by atoms with Crippen molar-refractivity contribution in [1.82, 2.24) is 0 Å². The smallest absolute Gasteiger partial charge is 0.217 e. The average Bonchev–Trinajstić information content (AvgIpc) is 3.88. The van der Waals surface area contributed by atoms with Gasteiger partial charge in [-0.15, -0.1) is 0 Å². The first-order valence-electron chi connectivity index (χ1n) is 21.6. The number of nitrogens with two attached hydrogens (primary N) is 1. The lowest BCUT2D eigenvalue weighted by Crippen LogP contribution is -3.13. The molecule has 0 amide bonds. The number of aliphatic imine (C=N–C) groups is 3. The summed E-state index contributed by atoms with van der Waals surface area (Å²) in [5, 5.41) is 13.0. The van der Waals surface area contributed by atoms with Crippen molar-refractivity contribution in [2.45, 2.75) is 201 Å². The zero-order valence-electron chi connectivity index (χ0n) is 34.8. The lowest BCUT2D eigenvalue weighted by molar-refractivity contribution is -0.797. The summed E-state index contributed by atoms with van der Waals surface area (Å²) in [5.74, 6) is 1.52. The number of hydrogen-bond acceptors (Lipinski definition) is 8. The van der Waals surface area contributed by atoms with E-state index in [-0.39, 0.29) is 5.90 Å². The van der Waals surface area contributed by atoms with Crippen LogP contribution in [0.3, 0.4) is 0 Å². The molecule has 0 aliphatic carbocycles. The Morgan fingerprint density at radius 1 is 0.731 bits per heavy atom. The Morgan fingerprint density at radius 3 is 1.44 bits per heavy atom. The number of rotatable bonds is 30. The zero-order valence-corrected chi connectivity index (χ0v) is 35.6. The van der Waals surface area contributed by atoms with Gasteiger partial charge in [-0.3, -0.25) is 9.08 Å². The quantitative estimate of drug-likeness (QED) is 0.0259. The van der Waals surface area contributed by atoms with Gasteiger partial charge < -0.3 is 20.0 Å². The highest BCUT2D eigenvalue weighted by Crippen LogP contribution is 2.14. The summed E-state index contributed by atoms with van der Waals surface area (Å²) in [5.41, 5.74) is 0. The highest BCUT2D eigenvalue weighted by molar-refractivity contribution is 7.80. The van der Waals surface area contributed by atoms with Crippen LogP contribution in [0.25, 0.3) is 0 Å². The van der Waals surface area contributed by atoms with E-state index in [0.717, 1.165) is 33.2 Å². The van der Waals surface area contributed by atoms with Crippen LogP contribution in [0, 0.1) is 0 Å². The number of unbranched alkanes of at least 4 members (excludes halogenated alkanes) is 24. The predicted molar refractivity (Wildman–Crippen MR) is 220 cm³/mol. The maximum absolute atomic E-state index is 10.9. The monoisotopic (exact) mass is 760 g/mol. The van der Waals surface area contributed by atoms with Crippen molar-refractivity contribution in [3.8, 4) is 0 Å². The summed E-state index contributed by atoms with van der Waals surface area (Å²) >= 11 is 0. The van der Waals surface area contributed by atoms with Crippen molar-refractivity contribution in [3.63, 3.8) is 0 Å². The van der Waals surface area contributed by atoms with Gasteiger partial charge in [0.25, 0.3) is 0 Å². The number of likely N-dealkylation sites (N-methyl/N-ethyl adjacent to an activating group) is 1. The van der Waals surface area contributed by atoms with Gasteiger partial charge in [-0.25, -0.2) is 18.4 Å². The third-order valence-corrected chi connectivity index (χ3v) is 10.1. The van der Waals surface area contributed by atoms with Crippen molar-refractivity contribution in [2.24, 2.45) is 15.0 Å². The number of amidine groups is 1. The minimum atomic E-state index is -4.41. The second-order valence-electron chi connectivity index (χ2n) is 14.3. The molecule has 0 fully saturated rings. The van der Waals surface area contributed by atoms with Crippen LogP contribution in [-0.2, 0) is 14.6 Å². The molecular weight excluding hydrogens is 675 g/mol. The Kier molecular flexibility index (Phi) is 42.9. The molecule has 310 valence electrons. The van der Waals surface area contributed by atoms with E-state index in [4.69, 9.17) is 0 Å². The van der Waals surface area contributed by atoms with Crippen LogP contribution in [0.1, 0.15) is 201 Å². The first-order valence-corrected chi connectivity index (χ1v) is 22.9. The lowest BCUT2D eigenvalue weighted by Gasteiger charge is -2.11. The minimum Gasteiger partial charge on any atom is -0.862 e. The Balaban J connectivity index is 0. The maximum atomic E-state index is 10.9. The Labute approximate surface area is 322 Å². The molecule has 0 saturated carbocycles. The normalized spacial score (nSPS) is 15.3. The fourth-order valence-electron chi connectivity index (χ4n) is 6.31. The summed E-state index contributed by atoms with van der Waals surface area (Å²) in [6, 6.07) is 0. The molecule has 2 heterocycles. The first kappa shape index (κ1) is 52.7. The molecular formula is C41H85N5O5S. The molecule has 2 rings (SSSR count). The minimum absolute atomic E-state index is 0.0584. The molecule has 3 N–H and O–H groups in total. The summed E-state index contributed by atoms with van der Waals surface area (Å²) in [4.78, 5) is 13.8. The molecule has 1 atom stereocenters. The predicted octanol–water partition coefficient (Wildman–Crippen LogP) is 7.33. The van der Waals surface area contributed by atoms with Crippen LogP contribution in [0.15, 0.2) is 15.0 Å². The SMILES string of the molecule is C1=NCC[NH2+]1.CCCCCCCCCCCCCCCC([O-])=NC.CCCCCCCCCCCCCCCC1=NCC[NH+]1CC.COS(=O)(=O)[O-]. The summed E-state index contributed by atoms with van der Waals surface area (Å²) in [6.07, 6.45) is 40.0. The fraction of sp³-hybridized carbons (Fsp3) is 0.927. The van der Waals surface area contributed by atoms with Gasteiger partial charge in [0.2, 0.25) is 10.4 Å². The van der Waals surface area contributed by atoms with Crippen LogP contribution < -0.4 is 15.3 Å². The van der Waals surface area contributed by atoms with Gasteiger partial charge in [0, 0.05) is 13.5 Å². The molecule has 0 aromatic heterocycles. The third kappa shape index (κ3) is 43.0. The van der Waals surface area contributed by atoms with E-state index in [1.165, 1.54) is 186 Å². The van der Waals surface area contributed by atoms with Gasteiger partial charge in [0.1, 0.15) is 13.1 Å². The van der Waals surface area contributed by atoms with Crippen LogP contribution in [-0.4, -0.2) is 77.9 Å². The van der Waals surface area contributed by atoms with E-state index >= 15 is 0 Å². The first-order chi connectivity index (χ1) is 25.2. The average molecular weight is 760 g/mol. The van der Waals surface area contributed by atoms with Gasteiger partial charge in [-0.2, -0.15) is 0 Å². The number of nitrogens with one attached hydrogen (secondary N) is 1. The number of quaternary nitrogens is 2. The van der Waals surface area contributed by atoms with Crippen LogP contribution in [0.5, 0.6) is 0 Å². The summed E-state index contributed by atoms with van der Waals surface area (Å²) < 4.78 is 31.0. The van der Waals surface area contributed by atoms with E-state index in [1.54, 1.807) is 11.9 Å². The van der Waals surface area contributed by atoms with E-state index in [0.29, 0.717) is 6.42 Å². The lowest BCUT2D eigenvalue weighted by atomic mass is 10.0. The van der Waals surface area contributed by atoms with Gasteiger partial charge in [0.15, 0.2) is 12.2 Å². The zero-order chi connectivity index (χ0) is 38.8. The van der Waals surface area contributed by atoms with Crippen molar-refractivity contribution in [2.75, 3.05) is 46.9 Å². The molecule has 1 unspecified atom stereocenters. The highest BCUT2D eigenvalue weighted by atomic mass is 32.3. The Morgan fingerprint density at radius 2 is 1.13 bits per heavy atom. The summed E-state index contributed by atoms with van der Waals surface area (Å²) in [7, 11) is -2.02. The van der Waals surface area contributed by atoms with E-state index < -0.39 is 10.4 Å². The molecule has 2 aliphatic heterocycles. The molecule has 0 aromatic rings. The van der Waals surface area contributed by atoms with Crippen LogP contribution in [0.4, 0.5) is 0 Å². The standard InChI is InChI=1S/C20H40N2.C17H35NO.C3H6N2.CH4O4S/c1-3-5-6-7-8-9-10-11-12-13-14-15-16-17-20-21-18-19-22(20)4-2;1-3-4-5-6-7-8-9-10-11-12-13-14-15-16-17(19)18-2;1-2-5-3-4-1;1-5-6(2,3)4/h3-19H2,1-2H3;3-16H2,1-2H3,(H,18,19);3H,1-2H2,(H,4,5);1H3,(H,2,3,4). The third-order valence-electron chi connectivity index (χ3n) is 9.65. The highest BCUT2D eigenvalue weighted by Gasteiger charge is 2.19. The van der Waals surface area contributed by atoms with Gasteiger partial charge in [-0.1, -0.05) is 168 Å². The van der Waals surface area contributed by atoms with Gasteiger partial charge in [0.05, 0.1) is 26.7 Å². The molecule has 0 radical (unpaired) electrons. The van der Waals surface area contributed by atoms with Crippen molar-refractivity contribution >= 4 is 28.5 Å². The number of hydrogen-bond donors (Lipinski definition) is 2. The topological polar surface area (TPSA) is 148 Å². The van der Waals surface area contributed by atoms with Crippen LogP contribution >= 0.6 is 0 Å². The van der Waals surface area contributed by atoms with Gasteiger partial charge >= 0.3 is 0 Å². The van der Waals surface area contributed by atoms with E-state index in [9.17, 15) is 18.1 Å². The second-order valence-corrected chi connectivity index (χ2v) is 15.4. The van der Waals surface area contributed by atoms with E-state index in [2.05, 4.69) is 45.2 Å². The number of nitrogens with zero attached hydrogens (tertiary/aromatic N) is 3.